The second kappa shape index (κ2) is 11.1. The molecule has 0 saturated heterocycles. The van der Waals surface area contributed by atoms with Crippen molar-refractivity contribution in [3.8, 4) is 0 Å². The number of likely N-dealkylation sites (N-methyl/N-ethyl adjacent to an activating group) is 1. The molecule has 164 valence electrons. The van der Waals surface area contributed by atoms with Crippen LogP contribution < -0.4 is 16.0 Å². The van der Waals surface area contributed by atoms with E-state index >= 15 is 0 Å². The zero-order valence-electron chi connectivity index (χ0n) is 19.2. The van der Waals surface area contributed by atoms with E-state index < -0.39 is 0 Å². The third-order valence-corrected chi connectivity index (χ3v) is 5.47. The number of hydrogen-bond donors (Lipinski definition) is 3. The first-order valence-corrected chi connectivity index (χ1v) is 10.8. The maximum atomic E-state index is 5.10. The number of aliphatic imine (C=N–C) groups is 1. The fourth-order valence-electron chi connectivity index (χ4n) is 3.59. The monoisotopic (exact) mass is 424 g/mol. The van der Waals surface area contributed by atoms with Crippen molar-refractivity contribution < 1.29 is 0 Å². The number of rotatable bonds is 9. The zero-order valence-corrected chi connectivity index (χ0v) is 19.2. The highest BCUT2D eigenvalue weighted by atomic mass is 15.0. The van der Waals surface area contributed by atoms with Crippen LogP contribution in [0.4, 0.5) is 5.69 Å². The van der Waals surface area contributed by atoms with Gasteiger partial charge in [0.2, 0.25) is 0 Å². The van der Waals surface area contributed by atoms with Gasteiger partial charge in [0.1, 0.15) is 5.84 Å². The van der Waals surface area contributed by atoms with Crippen molar-refractivity contribution in [1.82, 2.24) is 10.6 Å². The number of nitrogens with one attached hydrogen (secondary N) is 3. The second-order valence-electron chi connectivity index (χ2n) is 7.74. The molecule has 3 rings (SSSR count). The molecule has 0 saturated carbocycles. The molecule has 0 aliphatic rings. The molecule has 1 unspecified atom stereocenters. The molecule has 3 aromatic carbocycles. The normalized spacial score (nSPS) is 12.2. The van der Waals surface area contributed by atoms with Gasteiger partial charge in [0.15, 0.2) is 0 Å². The lowest BCUT2D eigenvalue weighted by molar-refractivity contribution is 0.653. The summed E-state index contributed by atoms with van der Waals surface area (Å²) in [7, 11) is 1.94. The van der Waals surface area contributed by atoms with Crippen molar-refractivity contribution in [3.63, 3.8) is 0 Å². The third-order valence-electron chi connectivity index (χ3n) is 5.47. The van der Waals surface area contributed by atoms with Crippen molar-refractivity contribution in [1.29, 1.82) is 0 Å². The van der Waals surface area contributed by atoms with Crippen LogP contribution >= 0.6 is 0 Å². The van der Waals surface area contributed by atoms with Crippen molar-refractivity contribution in [2.45, 2.75) is 19.9 Å². The van der Waals surface area contributed by atoms with E-state index in [4.69, 9.17) is 4.99 Å². The number of amidine groups is 1. The molecule has 3 aromatic rings. The summed E-state index contributed by atoms with van der Waals surface area (Å²) in [4.78, 5) is 5.10. The Hall–Kier alpha value is -3.63. The van der Waals surface area contributed by atoms with Crippen LogP contribution in [0.25, 0.3) is 5.70 Å². The Morgan fingerprint density at radius 2 is 1.75 bits per heavy atom. The van der Waals surface area contributed by atoms with E-state index in [2.05, 4.69) is 73.3 Å². The molecule has 0 fully saturated rings. The molecule has 1 atom stereocenters. The molecule has 0 bridgehead atoms. The summed E-state index contributed by atoms with van der Waals surface area (Å²) in [5.41, 5.74) is 7.54. The van der Waals surface area contributed by atoms with Crippen molar-refractivity contribution in [3.05, 3.63) is 120 Å². The van der Waals surface area contributed by atoms with Crippen LogP contribution in [0, 0.1) is 13.8 Å². The molecule has 0 aliphatic heterocycles. The van der Waals surface area contributed by atoms with Gasteiger partial charge < -0.3 is 16.0 Å². The molecular formula is C28H32N4. The minimum atomic E-state index is -0.0749. The van der Waals surface area contributed by atoms with Gasteiger partial charge in [-0.15, -0.1) is 0 Å². The van der Waals surface area contributed by atoms with Gasteiger partial charge in [0.05, 0.1) is 6.04 Å². The molecule has 0 spiro atoms. The number of anilines is 1. The van der Waals surface area contributed by atoms with E-state index in [9.17, 15) is 0 Å². The molecule has 4 nitrogen and oxygen atoms in total. The molecule has 0 amide bonds. The maximum absolute atomic E-state index is 5.10. The Kier molecular flexibility index (Phi) is 8.01. The van der Waals surface area contributed by atoms with Gasteiger partial charge in [-0.2, -0.15) is 0 Å². The molecule has 0 heterocycles. The standard InChI is InChI=1S/C28H32N4/c1-6-30-28(26-17-10-12-20(2)21(26)3)32-27(19-29-5)24-15-11-16-25(18-24)31-22(4)23-13-8-7-9-14-23/h6-18,27,29,31H,1,4,19H2,2-3,5H3,(H,30,32). The van der Waals surface area contributed by atoms with Gasteiger partial charge in [0, 0.05) is 23.5 Å². The van der Waals surface area contributed by atoms with E-state index in [1.807, 2.05) is 49.5 Å². The molecule has 4 heteroatoms. The van der Waals surface area contributed by atoms with Gasteiger partial charge in [0.25, 0.3) is 0 Å². The zero-order chi connectivity index (χ0) is 22.9. The van der Waals surface area contributed by atoms with Gasteiger partial charge in [-0.05, 0) is 61.5 Å². The molecule has 0 radical (unpaired) electrons. The first-order valence-electron chi connectivity index (χ1n) is 10.8. The summed E-state index contributed by atoms with van der Waals surface area (Å²) < 4.78 is 0. The highest BCUT2D eigenvalue weighted by Gasteiger charge is 2.14. The van der Waals surface area contributed by atoms with Crippen LogP contribution in [0.15, 0.2) is 97.1 Å². The molecule has 3 N–H and O–H groups in total. The van der Waals surface area contributed by atoms with Crippen LogP contribution in [-0.2, 0) is 0 Å². The van der Waals surface area contributed by atoms with E-state index in [0.29, 0.717) is 6.54 Å². The Bertz CT molecular complexity index is 1100. The molecular weight excluding hydrogens is 392 g/mol. The maximum Gasteiger partial charge on any atom is 0.133 e. The van der Waals surface area contributed by atoms with Crippen LogP contribution in [0.2, 0.25) is 0 Å². The summed E-state index contributed by atoms with van der Waals surface area (Å²) in [6, 6.07) is 24.6. The summed E-state index contributed by atoms with van der Waals surface area (Å²) in [6.45, 7) is 13.0. The summed E-state index contributed by atoms with van der Waals surface area (Å²) in [5.74, 6) is 0.813. The van der Waals surface area contributed by atoms with Gasteiger partial charge in [-0.3, -0.25) is 4.99 Å². The summed E-state index contributed by atoms with van der Waals surface area (Å²) >= 11 is 0. The van der Waals surface area contributed by atoms with Crippen molar-refractivity contribution in [2.24, 2.45) is 4.99 Å². The quantitative estimate of drug-likeness (QED) is 0.299. The Labute approximate surface area is 191 Å². The van der Waals surface area contributed by atoms with E-state index in [1.54, 1.807) is 6.20 Å². The molecule has 0 aromatic heterocycles. The van der Waals surface area contributed by atoms with E-state index in [-0.39, 0.29) is 6.04 Å². The SMILES string of the molecule is C=CNC(=NC(CNC)c1cccc(NC(=C)c2ccccc2)c1)c1cccc(C)c1C. The fraction of sp³-hybridized carbons (Fsp3) is 0.179. The largest absolute Gasteiger partial charge is 0.356 e. The number of benzene rings is 3. The predicted molar refractivity (Wildman–Crippen MR) is 138 cm³/mol. The smallest absolute Gasteiger partial charge is 0.133 e. The Balaban J connectivity index is 1.93. The van der Waals surface area contributed by atoms with E-state index in [1.165, 1.54) is 11.1 Å². The number of hydrogen-bond acceptors (Lipinski definition) is 3. The average Bonchev–Trinajstić information content (AvgIpc) is 2.81. The Morgan fingerprint density at radius 3 is 2.47 bits per heavy atom. The van der Waals surface area contributed by atoms with Crippen LogP contribution in [-0.4, -0.2) is 19.4 Å². The fourth-order valence-corrected chi connectivity index (χ4v) is 3.59. The second-order valence-corrected chi connectivity index (χ2v) is 7.74. The summed E-state index contributed by atoms with van der Waals surface area (Å²) in [5, 5.41) is 9.96. The van der Waals surface area contributed by atoms with Gasteiger partial charge >= 0.3 is 0 Å². The minimum absolute atomic E-state index is 0.0749. The first-order chi connectivity index (χ1) is 15.5. The van der Waals surface area contributed by atoms with Gasteiger partial charge in [-0.1, -0.05) is 73.8 Å². The average molecular weight is 425 g/mol. The highest BCUT2D eigenvalue weighted by Crippen LogP contribution is 2.24. The van der Waals surface area contributed by atoms with Crippen LogP contribution in [0.1, 0.15) is 33.9 Å². The lowest BCUT2D eigenvalue weighted by atomic mass is 10.0. The molecule has 0 aliphatic carbocycles. The Morgan fingerprint density at radius 1 is 1.00 bits per heavy atom. The van der Waals surface area contributed by atoms with E-state index in [0.717, 1.165) is 33.9 Å². The number of aryl methyl sites for hydroxylation is 1. The summed E-state index contributed by atoms with van der Waals surface area (Å²) in [6.07, 6.45) is 1.68. The third kappa shape index (κ3) is 5.74. The topological polar surface area (TPSA) is 48.5 Å². The lowest BCUT2D eigenvalue weighted by Gasteiger charge is -2.19. The number of nitrogens with zero attached hydrogens (tertiary/aromatic N) is 1. The first kappa shape index (κ1) is 23.0. The predicted octanol–water partition coefficient (Wildman–Crippen LogP) is 5.83. The lowest BCUT2D eigenvalue weighted by Crippen LogP contribution is -2.24. The van der Waals surface area contributed by atoms with Crippen molar-refractivity contribution >= 4 is 17.2 Å². The highest BCUT2D eigenvalue weighted by molar-refractivity contribution is 6.01. The van der Waals surface area contributed by atoms with Crippen LogP contribution in [0.5, 0.6) is 0 Å². The minimum Gasteiger partial charge on any atom is -0.356 e. The van der Waals surface area contributed by atoms with Crippen LogP contribution in [0.3, 0.4) is 0 Å². The van der Waals surface area contributed by atoms with Crippen molar-refractivity contribution in [2.75, 3.05) is 18.9 Å². The van der Waals surface area contributed by atoms with Gasteiger partial charge in [-0.25, -0.2) is 0 Å². The molecule has 32 heavy (non-hydrogen) atoms.